The molecule has 0 aliphatic rings. The second kappa shape index (κ2) is 8.45. The summed E-state index contributed by atoms with van der Waals surface area (Å²) in [6, 6.07) is 10.8. The Morgan fingerprint density at radius 3 is 2.62 bits per heavy atom. The van der Waals surface area contributed by atoms with Crippen LogP contribution in [0.2, 0.25) is 5.02 Å². The number of benzene rings is 2. The molecular weight excluding hydrogens is 330 g/mol. The zero-order valence-electron chi connectivity index (χ0n) is 13.9. The summed E-state index contributed by atoms with van der Waals surface area (Å²) in [6.45, 7) is 2.12. The van der Waals surface area contributed by atoms with Crippen molar-refractivity contribution in [1.82, 2.24) is 5.32 Å². The van der Waals surface area contributed by atoms with Gasteiger partial charge in [-0.05, 0) is 36.8 Å². The zero-order valence-corrected chi connectivity index (χ0v) is 14.6. The number of para-hydroxylation sites is 1. The second-order valence-electron chi connectivity index (χ2n) is 5.13. The molecule has 6 heteroatoms. The Kier molecular flexibility index (Phi) is 6.32. The van der Waals surface area contributed by atoms with Crippen molar-refractivity contribution in [2.45, 2.75) is 13.5 Å². The van der Waals surface area contributed by atoms with Crippen LogP contribution in [0.5, 0.6) is 17.2 Å². The monoisotopic (exact) mass is 349 g/mol. The van der Waals surface area contributed by atoms with Gasteiger partial charge in [-0.2, -0.15) is 0 Å². The van der Waals surface area contributed by atoms with Gasteiger partial charge in [-0.3, -0.25) is 4.79 Å². The summed E-state index contributed by atoms with van der Waals surface area (Å²) in [5.41, 5.74) is 1.73. The summed E-state index contributed by atoms with van der Waals surface area (Å²) in [4.78, 5) is 12.0. The van der Waals surface area contributed by atoms with E-state index in [0.29, 0.717) is 28.8 Å². The number of aryl methyl sites for hydroxylation is 1. The van der Waals surface area contributed by atoms with Crippen molar-refractivity contribution in [3.05, 3.63) is 52.5 Å². The first-order valence-electron chi connectivity index (χ1n) is 7.40. The summed E-state index contributed by atoms with van der Waals surface area (Å²) in [6.07, 6.45) is 0. The van der Waals surface area contributed by atoms with Crippen LogP contribution in [0.4, 0.5) is 0 Å². The molecule has 0 aromatic heterocycles. The number of amides is 1. The molecule has 0 aliphatic heterocycles. The standard InChI is InChI=1S/C18H20ClNO4/c1-12-9-14(7-8-15(12)19)24-11-17(21)20-10-13-5-4-6-16(22-2)18(13)23-3/h4-9H,10-11H2,1-3H3,(H,20,21). The number of carbonyl (C=O) groups excluding carboxylic acids is 1. The zero-order chi connectivity index (χ0) is 17.5. The number of hydrogen-bond acceptors (Lipinski definition) is 4. The van der Waals surface area contributed by atoms with Gasteiger partial charge in [-0.25, -0.2) is 0 Å². The lowest BCUT2D eigenvalue weighted by molar-refractivity contribution is -0.123. The predicted octanol–water partition coefficient (Wildman–Crippen LogP) is 3.36. The van der Waals surface area contributed by atoms with E-state index in [0.717, 1.165) is 11.1 Å². The maximum absolute atomic E-state index is 12.0. The Morgan fingerprint density at radius 1 is 1.17 bits per heavy atom. The number of rotatable bonds is 7. The number of carbonyl (C=O) groups is 1. The fourth-order valence-electron chi connectivity index (χ4n) is 2.19. The first kappa shape index (κ1) is 17.9. The molecule has 2 aromatic carbocycles. The van der Waals surface area contributed by atoms with Crippen molar-refractivity contribution in [3.63, 3.8) is 0 Å². The van der Waals surface area contributed by atoms with Gasteiger partial charge in [0.25, 0.3) is 5.91 Å². The van der Waals surface area contributed by atoms with Gasteiger partial charge in [0, 0.05) is 17.1 Å². The molecule has 0 unspecified atom stereocenters. The average Bonchev–Trinajstić information content (AvgIpc) is 2.60. The molecule has 1 amide bonds. The van der Waals surface area contributed by atoms with Crippen molar-refractivity contribution >= 4 is 17.5 Å². The third-order valence-electron chi connectivity index (χ3n) is 3.46. The van der Waals surface area contributed by atoms with Crippen LogP contribution in [0.1, 0.15) is 11.1 Å². The molecule has 0 radical (unpaired) electrons. The molecule has 0 saturated heterocycles. The van der Waals surface area contributed by atoms with Crippen molar-refractivity contribution in [2.75, 3.05) is 20.8 Å². The van der Waals surface area contributed by atoms with Crippen LogP contribution >= 0.6 is 11.6 Å². The van der Waals surface area contributed by atoms with Crippen molar-refractivity contribution in [1.29, 1.82) is 0 Å². The van der Waals surface area contributed by atoms with Crippen LogP contribution in [-0.2, 0) is 11.3 Å². The van der Waals surface area contributed by atoms with Crippen molar-refractivity contribution in [3.8, 4) is 17.2 Å². The fraction of sp³-hybridized carbons (Fsp3) is 0.278. The van der Waals surface area contributed by atoms with E-state index in [-0.39, 0.29) is 12.5 Å². The third kappa shape index (κ3) is 4.55. The van der Waals surface area contributed by atoms with E-state index < -0.39 is 0 Å². The van der Waals surface area contributed by atoms with E-state index in [9.17, 15) is 4.79 Å². The SMILES string of the molecule is COc1cccc(CNC(=O)COc2ccc(Cl)c(C)c2)c1OC. The Bertz CT molecular complexity index is 718. The Hall–Kier alpha value is -2.40. The van der Waals surface area contributed by atoms with E-state index in [1.54, 1.807) is 38.5 Å². The van der Waals surface area contributed by atoms with Gasteiger partial charge >= 0.3 is 0 Å². The maximum Gasteiger partial charge on any atom is 0.258 e. The van der Waals surface area contributed by atoms with Crippen LogP contribution in [0.3, 0.4) is 0 Å². The summed E-state index contributed by atoms with van der Waals surface area (Å²) in [5, 5.41) is 3.46. The van der Waals surface area contributed by atoms with Gasteiger partial charge < -0.3 is 19.5 Å². The normalized spacial score (nSPS) is 10.2. The number of halogens is 1. The van der Waals surface area contributed by atoms with Crippen LogP contribution in [-0.4, -0.2) is 26.7 Å². The predicted molar refractivity (Wildman–Crippen MR) is 93.1 cm³/mol. The largest absolute Gasteiger partial charge is 0.493 e. The van der Waals surface area contributed by atoms with Gasteiger partial charge in [0.1, 0.15) is 5.75 Å². The molecule has 2 rings (SSSR count). The number of ether oxygens (including phenoxy) is 3. The molecule has 0 saturated carbocycles. The Balaban J connectivity index is 1.90. The molecule has 128 valence electrons. The molecule has 24 heavy (non-hydrogen) atoms. The van der Waals surface area contributed by atoms with Crippen LogP contribution in [0.15, 0.2) is 36.4 Å². The first-order valence-corrected chi connectivity index (χ1v) is 7.78. The quantitative estimate of drug-likeness (QED) is 0.832. The molecule has 0 atom stereocenters. The lowest BCUT2D eigenvalue weighted by Crippen LogP contribution is -2.28. The summed E-state index contributed by atoms with van der Waals surface area (Å²) in [5.74, 6) is 1.60. The lowest BCUT2D eigenvalue weighted by Gasteiger charge is -2.13. The van der Waals surface area contributed by atoms with E-state index in [1.165, 1.54) is 0 Å². The highest BCUT2D eigenvalue weighted by molar-refractivity contribution is 6.31. The molecule has 1 N–H and O–H groups in total. The topological polar surface area (TPSA) is 56.8 Å². The van der Waals surface area contributed by atoms with Gasteiger partial charge in [-0.1, -0.05) is 23.7 Å². The van der Waals surface area contributed by atoms with E-state index in [1.807, 2.05) is 19.1 Å². The molecule has 0 aliphatic carbocycles. The lowest BCUT2D eigenvalue weighted by atomic mass is 10.2. The van der Waals surface area contributed by atoms with Crippen LogP contribution < -0.4 is 19.5 Å². The van der Waals surface area contributed by atoms with E-state index in [4.69, 9.17) is 25.8 Å². The molecule has 0 spiro atoms. The third-order valence-corrected chi connectivity index (χ3v) is 3.88. The first-order chi connectivity index (χ1) is 11.5. The summed E-state index contributed by atoms with van der Waals surface area (Å²) < 4.78 is 16.0. The fourth-order valence-corrected chi connectivity index (χ4v) is 2.31. The molecule has 0 bridgehead atoms. The van der Waals surface area contributed by atoms with Crippen LogP contribution in [0.25, 0.3) is 0 Å². The maximum atomic E-state index is 12.0. The average molecular weight is 350 g/mol. The second-order valence-corrected chi connectivity index (χ2v) is 5.54. The minimum atomic E-state index is -0.229. The van der Waals surface area contributed by atoms with Gasteiger partial charge in [-0.15, -0.1) is 0 Å². The molecule has 2 aromatic rings. The van der Waals surface area contributed by atoms with E-state index >= 15 is 0 Å². The Labute approximate surface area is 146 Å². The number of nitrogens with one attached hydrogen (secondary N) is 1. The van der Waals surface area contributed by atoms with Crippen molar-refractivity contribution < 1.29 is 19.0 Å². The number of methoxy groups -OCH3 is 2. The Morgan fingerprint density at radius 2 is 1.96 bits per heavy atom. The highest BCUT2D eigenvalue weighted by atomic mass is 35.5. The summed E-state index contributed by atoms with van der Waals surface area (Å²) in [7, 11) is 3.14. The molecule has 0 fully saturated rings. The minimum absolute atomic E-state index is 0.0760. The molecule has 5 nitrogen and oxygen atoms in total. The van der Waals surface area contributed by atoms with Gasteiger partial charge in [0.2, 0.25) is 0 Å². The van der Waals surface area contributed by atoms with Crippen molar-refractivity contribution in [2.24, 2.45) is 0 Å². The van der Waals surface area contributed by atoms with Gasteiger partial charge in [0.15, 0.2) is 18.1 Å². The smallest absolute Gasteiger partial charge is 0.258 e. The highest BCUT2D eigenvalue weighted by Crippen LogP contribution is 2.30. The minimum Gasteiger partial charge on any atom is -0.493 e. The van der Waals surface area contributed by atoms with E-state index in [2.05, 4.69) is 5.32 Å². The number of hydrogen-bond donors (Lipinski definition) is 1. The van der Waals surface area contributed by atoms with Crippen LogP contribution in [0, 0.1) is 6.92 Å². The van der Waals surface area contributed by atoms with Gasteiger partial charge in [0.05, 0.1) is 14.2 Å². The summed E-state index contributed by atoms with van der Waals surface area (Å²) >= 11 is 5.96. The highest BCUT2D eigenvalue weighted by Gasteiger charge is 2.11. The molecular formula is C18H20ClNO4. The molecule has 0 heterocycles.